The summed E-state index contributed by atoms with van der Waals surface area (Å²) in [6, 6.07) is 0. The molecular weight excluding hydrogens is 437 g/mol. The van der Waals surface area contributed by atoms with E-state index in [4.69, 9.17) is 12.7 Å². The minimum atomic E-state index is -2.10. The van der Waals surface area contributed by atoms with E-state index in [1.54, 1.807) is 18.9 Å². The summed E-state index contributed by atoms with van der Waals surface area (Å²) in [7, 11) is -4.02. The van der Waals surface area contributed by atoms with Gasteiger partial charge in [-0.2, -0.15) is 23.5 Å². The van der Waals surface area contributed by atoms with Crippen LogP contribution in [0.1, 0.15) is 74.3 Å². The lowest BCUT2D eigenvalue weighted by Crippen LogP contribution is -2.56. The van der Waals surface area contributed by atoms with Gasteiger partial charge in [-0.15, -0.1) is 0 Å². The second-order valence-electron chi connectivity index (χ2n) is 5.57. The molecule has 0 saturated carbocycles. The van der Waals surface area contributed by atoms with Crippen molar-refractivity contribution in [1.29, 1.82) is 0 Å². The van der Waals surface area contributed by atoms with E-state index in [9.17, 15) is 0 Å². The van der Waals surface area contributed by atoms with Crippen molar-refractivity contribution in [1.82, 2.24) is 0 Å². The SMILES string of the molecule is C.C.C.C.C.C.C.C.C.C.CO[Si](C)(CSC)O[Si](C)(C)O[Si](C)(C)CSC. The van der Waals surface area contributed by atoms with Crippen LogP contribution in [0.2, 0.25) is 32.7 Å². The molecule has 0 saturated heterocycles. The molecule has 190 valence electrons. The minimum absolute atomic E-state index is 0. The average molecular weight is 505 g/mol. The topological polar surface area (TPSA) is 27.7 Å². The second kappa shape index (κ2) is 30.4. The lowest BCUT2D eigenvalue weighted by atomic mass is 11.8. The molecular formula is C20H68O3S2Si3. The predicted molar refractivity (Wildman–Crippen MR) is 160 cm³/mol. The van der Waals surface area contributed by atoms with Gasteiger partial charge >= 0.3 is 17.1 Å². The third-order valence-electron chi connectivity index (χ3n) is 2.31. The minimum Gasteiger partial charge on any atom is -0.436 e. The van der Waals surface area contributed by atoms with Crippen LogP contribution in [0.5, 0.6) is 0 Å². The zero-order chi connectivity index (χ0) is 14.4. The third-order valence-corrected chi connectivity index (χ3v) is 18.2. The Kier molecular flexibility index (Phi) is 76.2. The zero-order valence-electron chi connectivity index (χ0n) is 13.0. The van der Waals surface area contributed by atoms with Gasteiger partial charge in [0.25, 0.3) is 0 Å². The summed E-state index contributed by atoms with van der Waals surface area (Å²) in [5, 5.41) is 2.06. The van der Waals surface area contributed by atoms with E-state index in [-0.39, 0.29) is 74.3 Å². The summed E-state index contributed by atoms with van der Waals surface area (Å²) >= 11 is 3.65. The summed E-state index contributed by atoms with van der Waals surface area (Å²) < 4.78 is 18.4. The molecule has 0 rings (SSSR count). The molecule has 0 fully saturated rings. The van der Waals surface area contributed by atoms with Gasteiger partial charge in [-0.3, -0.25) is 0 Å². The Morgan fingerprint density at radius 3 is 1.14 bits per heavy atom. The highest BCUT2D eigenvalue weighted by atomic mass is 32.2. The van der Waals surface area contributed by atoms with Crippen LogP contribution in [0.15, 0.2) is 0 Å². The summed E-state index contributed by atoms with van der Waals surface area (Å²) in [4.78, 5) is 0. The Morgan fingerprint density at radius 2 is 0.893 bits per heavy atom. The highest BCUT2D eigenvalue weighted by Crippen LogP contribution is 2.24. The van der Waals surface area contributed by atoms with E-state index in [0.29, 0.717) is 0 Å². The van der Waals surface area contributed by atoms with Gasteiger partial charge in [0, 0.05) is 17.9 Å². The van der Waals surface area contributed by atoms with E-state index in [1.807, 2.05) is 11.8 Å². The lowest BCUT2D eigenvalue weighted by molar-refractivity contribution is 0.279. The molecule has 0 spiro atoms. The molecule has 0 N–H and O–H groups in total. The van der Waals surface area contributed by atoms with Gasteiger partial charge in [0.2, 0.25) is 0 Å². The first kappa shape index (κ1) is 70.1. The van der Waals surface area contributed by atoms with Crippen LogP contribution in [0.25, 0.3) is 0 Å². The van der Waals surface area contributed by atoms with Gasteiger partial charge in [-0.25, -0.2) is 0 Å². The Balaban J connectivity index is -0.0000000321. The van der Waals surface area contributed by atoms with Crippen molar-refractivity contribution < 1.29 is 12.7 Å². The van der Waals surface area contributed by atoms with Crippen molar-refractivity contribution >= 4 is 49.0 Å². The fourth-order valence-electron chi connectivity index (χ4n) is 1.98. The largest absolute Gasteiger partial charge is 0.436 e. The van der Waals surface area contributed by atoms with E-state index >= 15 is 0 Å². The molecule has 0 bridgehead atoms. The Bertz CT molecular complexity index is 261. The first-order valence-corrected chi connectivity index (χ1v) is 17.3. The average Bonchev–Trinajstić information content (AvgIpc) is 2.14. The standard InChI is InChI=1S/C10H28O3S2Si3.10CH4/c1-11-18(8,10-15-3)13-17(6,7)12-16(4,5)9-14-2;;;;;;;;;;/h9-10H2,1-8H3;10*1H4. The molecule has 0 amide bonds. The van der Waals surface area contributed by atoms with Crippen molar-refractivity contribution in [3.63, 3.8) is 0 Å². The monoisotopic (exact) mass is 504 g/mol. The van der Waals surface area contributed by atoms with Crippen molar-refractivity contribution in [3.8, 4) is 0 Å². The summed E-state index contributed by atoms with van der Waals surface area (Å²) in [5.74, 6) is 0. The van der Waals surface area contributed by atoms with Crippen LogP contribution in [0.3, 0.4) is 0 Å². The van der Waals surface area contributed by atoms with Gasteiger partial charge in [0.15, 0.2) is 8.32 Å². The molecule has 0 aromatic carbocycles. The second-order valence-corrected chi connectivity index (χ2v) is 19.7. The number of rotatable bonds is 9. The van der Waals surface area contributed by atoms with Crippen LogP contribution in [0.4, 0.5) is 0 Å². The molecule has 8 heteroatoms. The van der Waals surface area contributed by atoms with Crippen LogP contribution in [-0.4, -0.2) is 55.8 Å². The van der Waals surface area contributed by atoms with Crippen molar-refractivity contribution in [2.24, 2.45) is 0 Å². The summed E-state index contributed by atoms with van der Waals surface area (Å²) in [5.41, 5.74) is 0. The molecule has 0 aliphatic carbocycles. The highest BCUT2D eigenvalue weighted by Gasteiger charge is 2.42. The fourth-order valence-corrected chi connectivity index (χ4v) is 19.2. The quantitative estimate of drug-likeness (QED) is 0.291. The highest BCUT2D eigenvalue weighted by molar-refractivity contribution is 8.00. The van der Waals surface area contributed by atoms with E-state index < -0.39 is 25.4 Å². The number of hydrogen-bond donors (Lipinski definition) is 0. The van der Waals surface area contributed by atoms with Gasteiger partial charge in [-0.1, -0.05) is 74.3 Å². The summed E-state index contributed by atoms with van der Waals surface area (Å²) in [6.07, 6.45) is 4.23. The molecule has 0 aliphatic heterocycles. The molecule has 0 aromatic rings. The maximum absolute atomic E-state index is 6.39. The van der Waals surface area contributed by atoms with E-state index in [0.717, 1.165) is 10.8 Å². The third kappa shape index (κ3) is 31.9. The Morgan fingerprint density at radius 1 is 0.571 bits per heavy atom. The molecule has 1 atom stereocenters. The molecule has 0 radical (unpaired) electrons. The van der Waals surface area contributed by atoms with Crippen LogP contribution in [-0.2, 0) is 12.7 Å². The lowest BCUT2D eigenvalue weighted by Gasteiger charge is -2.38. The first-order chi connectivity index (χ1) is 8.10. The van der Waals surface area contributed by atoms with Crippen LogP contribution < -0.4 is 0 Å². The molecule has 28 heavy (non-hydrogen) atoms. The van der Waals surface area contributed by atoms with Gasteiger partial charge in [-0.05, 0) is 45.2 Å². The molecule has 3 nitrogen and oxygen atoms in total. The van der Waals surface area contributed by atoms with Gasteiger partial charge in [0.1, 0.15) is 0 Å². The van der Waals surface area contributed by atoms with E-state index in [2.05, 4.69) is 45.2 Å². The molecule has 1 unspecified atom stereocenters. The maximum atomic E-state index is 6.39. The maximum Gasteiger partial charge on any atom is 0.336 e. The number of hydrogen-bond acceptors (Lipinski definition) is 5. The van der Waals surface area contributed by atoms with Gasteiger partial charge < -0.3 is 12.7 Å². The fraction of sp³-hybridized carbons (Fsp3) is 1.00. The van der Waals surface area contributed by atoms with Crippen LogP contribution in [0, 0.1) is 0 Å². The van der Waals surface area contributed by atoms with E-state index in [1.165, 1.54) is 0 Å². The van der Waals surface area contributed by atoms with Crippen molar-refractivity contribution in [3.05, 3.63) is 0 Å². The molecule has 0 heterocycles. The van der Waals surface area contributed by atoms with Crippen LogP contribution >= 0.6 is 23.5 Å². The van der Waals surface area contributed by atoms with Crippen molar-refractivity contribution in [2.75, 3.05) is 30.4 Å². The first-order valence-electron chi connectivity index (χ1n) is 6.03. The Hall–Kier alpha value is 1.23. The summed E-state index contributed by atoms with van der Waals surface area (Å²) in [6.45, 7) is 11.0. The Labute approximate surface area is 198 Å². The smallest absolute Gasteiger partial charge is 0.336 e. The predicted octanol–water partition coefficient (Wildman–Crippen LogP) is 9.81. The normalized spacial score (nSPS) is 10.7. The molecule has 0 aliphatic rings. The van der Waals surface area contributed by atoms with Gasteiger partial charge in [0.05, 0.1) is 0 Å². The molecule has 0 aromatic heterocycles. The van der Waals surface area contributed by atoms with Crippen molar-refractivity contribution in [2.45, 2.75) is 107 Å². The zero-order valence-corrected chi connectivity index (χ0v) is 17.6. The number of thioether (sulfide) groups is 2.